The fourth-order valence-corrected chi connectivity index (χ4v) is 7.29. The molecular weight excluding hydrogens is 482 g/mol. The summed E-state index contributed by atoms with van der Waals surface area (Å²) in [7, 11) is 0. The lowest BCUT2D eigenvalue weighted by Crippen LogP contribution is -1.87. The zero-order valence-corrected chi connectivity index (χ0v) is 21.6. The van der Waals surface area contributed by atoms with Crippen molar-refractivity contribution in [2.75, 3.05) is 0 Å². The van der Waals surface area contributed by atoms with E-state index in [9.17, 15) is 5.26 Å². The average Bonchev–Trinajstić information content (AvgIpc) is 3.53. The number of hydrogen-bond acceptors (Lipinski definition) is 1. The van der Waals surface area contributed by atoms with Crippen LogP contribution < -0.4 is 0 Å². The summed E-state index contributed by atoms with van der Waals surface area (Å²) in [5.74, 6) is 0. The van der Waals surface area contributed by atoms with Crippen molar-refractivity contribution in [2.45, 2.75) is 0 Å². The topological polar surface area (TPSA) is 23.8 Å². The molecule has 0 aliphatic heterocycles. The van der Waals surface area contributed by atoms with E-state index in [-0.39, 0.29) is 0 Å². The first-order valence-corrected chi connectivity index (χ1v) is 13.7. The van der Waals surface area contributed by atoms with Gasteiger partial charge in [-0.2, -0.15) is 5.26 Å². The van der Waals surface area contributed by atoms with Gasteiger partial charge >= 0.3 is 0 Å². The fraction of sp³-hybridized carbons (Fsp3) is 0. The zero-order valence-electron chi connectivity index (χ0n) is 21.6. The molecule has 0 spiro atoms. The Kier molecular flexibility index (Phi) is 4.18. The maximum absolute atomic E-state index is 10.00. The van der Waals surface area contributed by atoms with Gasteiger partial charge in [-0.3, -0.25) is 0 Å². The van der Waals surface area contributed by atoms with Crippen molar-refractivity contribution < 1.29 is 0 Å². The molecule has 0 unspecified atom stereocenters. The van der Waals surface area contributed by atoms with Gasteiger partial charge in [0.25, 0.3) is 0 Å². The van der Waals surface area contributed by atoms with Gasteiger partial charge in [0.15, 0.2) is 0 Å². The van der Waals surface area contributed by atoms with Crippen LogP contribution in [0.2, 0.25) is 0 Å². The maximum atomic E-state index is 10.00. The highest BCUT2D eigenvalue weighted by Crippen LogP contribution is 2.55. The molecule has 0 saturated carbocycles. The standard InChI is InChI=1S/C39H21N/c40-22-26-20-21-31-35-27(26)16-9-19-30(35)38-33(24-10-3-1-4-11-24)36-28-17-7-14-23-15-8-18-29(32(23)28)37(36)34(39(31)38)25-12-5-2-6-13-25/h1-21H. The molecular formula is C39H21N. The second-order valence-corrected chi connectivity index (χ2v) is 10.7. The number of benzene rings is 7. The number of fused-ring (bicyclic) bond motifs is 6. The predicted octanol–water partition coefficient (Wildman–Crippen LogP) is 10.7. The van der Waals surface area contributed by atoms with Gasteiger partial charge in [0, 0.05) is 5.39 Å². The minimum Gasteiger partial charge on any atom is -0.192 e. The average molecular weight is 504 g/mol. The minimum absolute atomic E-state index is 0.721. The summed E-state index contributed by atoms with van der Waals surface area (Å²) in [6.45, 7) is 0. The molecule has 0 N–H and O–H groups in total. The highest BCUT2D eigenvalue weighted by Gasteiger charge is 2.27. The van der Waals surface area contributed by atoms with E-state index in [0.29, 0.717) is 0 Å². The van der Waals surface area contributed by atoms with Crippen LogP contribution in [0.1, 0.15) is 5.56 Å². The quantitative estimate of drug-likeness (QED) is 0.230. The van der Waals surface area contributed by atoms with Crippen LogP contribution in [0, 0.1) is 11.3 Å². The molecule has 0 aromatic heterocycles. The summed E-state index contributed by atoms with van der Waals surface area (Å²) in [4.78, 5) is 0. The Labute approximate surface area is 230 Å². The lowest BCUT2D eigenvalue weighted by molar-refractivity contribution is 1.51. The molecule has 0 aliphatic carbocycles. The molecule has 9 aromatic rings. The monoisotopic (exact) mass is 503 g/mol. The molecule has 1 heteroatoms. The molecule has 0 fully saturated rings. The summed E-state index contributed by atoms with van der Waals surface area (Å²) in [5.41, 5.74) is 5.69. The molecule has 9 aromatic carbocycles. The highest BCUT2D eigenvalue weighted by atomic mass is 14.3. The second kappa shape index (κ2) is 7.79. The first kappa shape index (κ1) is 21.5. The van der Waals surface area contributed by atoms with Gasteiger partial charge in [0.2, 0.25) is 0 Å². The van der Waals surface area contributed by atoms with Crippen molar-refractivity contribution in [2.24, 2.45) is 0 Å². The Hall–Kier alpha value is -5.45. The minimum atomic E-state index is 0.721. The van der Waals surface area contributed by atoms with Crippen LogP contribution in [-0.2, 0) is 0 Å². The van der Waals surface area contributed by atoms with Gasteiger partial charge in [0.1, 0.15) is 0 Å². The SMILES string of the molecule is N#Cc1ccc2c3c(-c4ccccc4)c4c5cccc6cccc(c4c(-c4ccccc4)c3c3cccc1c32)c65. The van der Waals surface area contributed by atoms with Crippen molar-refractivity contribution in [3.8, 4) is 28.3 Å². The van der Waals surface area contributed by atoms with Crippen LogP contribution in [0.25, 0.3) is 86.9 Å². The third kappa shape index (κ3) is 2.60. The van der Waals surface area contributed by atoms with Gasteiger partial charge in [-0.1, -0.05) is 121 Å². The zero-order chi connectivity index (χ0) is 26.4. The highest BCUT2D eigenvalue weighted by molar-refractivity contribution is 6.46. The van der Waals surface area contributed by atoms with Crippen LogP contribution in [0.4, 0.5) is 0 Å². The van der Waals surface area contributed by atoms with E-state index in [0.717, 1.165) is 10.9 Å². The van der Waals surface area contributed by atoms with Crippen molar-refractivity contribution >= 4 is 64.6 Å². The Morgan fingerprint density at radius 1 is 0.350 bits per heavy atom. The van der Waals surface area contributed by atoms with E-state index in [1.54, 1.807) is 0 Å². The van der Waals surface area contributed by atoms with Crippen LogP contribution in [0.15, 0.2) is 127 Å². The summed E-state index contributed by atoms with van der Waals surface area (Å²) in [5, 5.41) is 25.0. The molecule has 0 bridgehead atoms. The van der Waals surface area contributed by atoms with Crippen LogP contribution >= 0.6 is 0 Å². The van der Waals surface area contributed by atoms with Gasteiger partial charge in [0.05, 0.1) is 11.6 Å². The van der Waals surface area contributed by atoms with Crippen molar-refractivity contribution in [3.63, 3.8) is 0 Å². The maximum Gasteiger partial charge on any atom is 0.0998 e. The van der Waals surface area contributed by atoms with Gasteiger partial charge in [-0.25, -0.2) is 0 Å². The van der Waals surface area contributed by atoms with E-state index < -0.39 is 0 Å². The lowest BCUT2D eigenvalue weighted by Gasteiger charge is -2.15. The first-order valence-electron chi connectivity index (χ1n) is 13.7. The molecule has 0 heterocycles. The normalized spacial score (nSPS) is 12.0. The number of rotatable bonds is 2. The molecule has 0 saturated heterocycles. The predicted molar refractivity (Wildman–Crippen MR) is 169 cm³/mol. The molecule has 0 amide bonds. The largest absolute Gasteiger partial charge is 0.192 e. The smallest absolute Gasteiger partial charge is 0.0998 e. The number of nitrogens with zero attached hydrogens (tertiary/aromatic N) is 1. The third-order valence-electron chi connectivity index (χ3n) is 8.77. The van der Waals surface area contributed by atoms with E-state index in [1.165, 1.54) is 81.5 Å². The molecule has 9 rings (SSSR count). The van der Waals surface area contributed by atoms with Gasteiger partial charge < -0.3 is 0 Å². The van der Waals surface area contributed by atoms with E-state index in [4.69, 9.17) is 0 Å². The van der Waals surface area contributed by atoms with E-state index in [2.05, 4.69) is 127 Å². The van der Waals surface area contributed by atoms with Crippen LogP contribution in [0.3, 0.4) is 0 Å². The molecule has 0 radical (unpaired) electrons. The molecule has 0 atom stereocenters. The summed E-state index contributed by atoms with van der Waals surface area (Å²) in [6.07, 6.45) is 0. The molecule has 1 nitrogen and oxygen atoms in total. The Bertz CT molecular complexity index is 2340. The number of hydrogen-bond donors (Lipinski definition) is 0. The third-order valence-corrected chi connectivity index (χ3v) is 8.77. The van der Waals surface area contributed by atoms with Crippen LogP contribution in [0.5, 0.6) is 0 Å². The Morgan fingerprint density at radius 2 is 0.800 bits per heavy atom. The lowest BCUT2D eigenvalue weighted by atomic mass is 9.87. The first-order chi connectivity index (χ1) is 19.8. The van der Waals surface area contributed by atoms with Gasteiger partial charge in [-0.05, 0) is 87.6 Å². The van der Waals surface area contributed by atoms with Crippen molar-refractivity contribution in [3.05, 3.63) is 133 Å². The summed E-state index contributed by atoms with van der Waals surface area (Å²) < 4.78 is 0. The Balaban J connectivity index is 1.72. The van der Waals surface area contributed by atoms with Crippen molar-refractivity contribution in [1.29, 1.82) is 5.26 Å². The van der Waals surface area contributed by atoms with E-state index >= 15 is 0 Å². The molecule has 0 aliphatic rings. The summed E-state index contributed by atoms with van der Waals surface area (Å²) >= 11 is 0. The molecule has 182 valence electrons. The van der Waals surface area contributed by atoms with Gasteiger partial charge in [-0.15, -0.1) is 0 Å². The van der Waals surface area contributed by atoms with E-state index in [1.807, 2.05) is 6.07 Å². The summed E-state index contributed by atoms with van der Waals surface area (Å²) in [6, 6.07) is 48.2. The Morgan fingerprint density at radius 3 is 1.32 bits per heavy atom. The molecule has 40 heavy (non-hydrogen) atoms. The van der Waals surface area contributed by atoms with Crippen LogP contribution in [-0.4, -0.2) is 0 Å². The fourth-order valence-electron chi connectivity index (χ4n) is 7.29. The second-order valence-electron chi connectivity index (χ2n) is 10.7. The number of nitriles is 1. The van der Waals surface area contributed by atoms with Crippen molar-refractivity contribution in [1.82, 2.24) is 0 Å².